The highest BCUT2D eigenvalue weighted by atomic mass is 16.5. The van der Waals surface area contributed by atoms with Gasteiger partial charge in [-0.05, 0) is 43.0 Å². The van der Waals surface area contributed by atoms with Crippen molar-refractivity contribution in [3.8, 4) is 11.8 Å². The third-order valence-electron chi connectivity index (χ3n) is 3.87. The van der Waals surface area contributed by atoms with Crippen LogP contribution in [0.25, 0.3) is 0 Å². The van der Waals surface area contributed by atoms with Crippen molar-refractivity contribution in [3.05, 3.63) is 29.3 Å². The van der Waals surface area contributed by atoms with Gasteiger partial charge in [-0.25, -0.2) is 0 Å². The van der Waals surface area contributed by atoms with Gasteiger partial charge in [0, 0.05) is 6.54 Å². The maximum atomic E-state index is 9.05. The Morgan fingerprint density at radius 1 is 1.32 bits per heavy atom. The Morgan fingerprint density at radius 2 is 2.11 bits per heavy atom. The second-order valence-corrected chi connectivity index (χ2v) is 5.28. The topological polar surface area (TPSA) is 45.0 Å². The van der Waals surface area contributed by atoms with Crippen LogP contribution in [0, 0.1) is 17.2 Å². The van der Waals surface area contributed by atoms with Gasteiger partial charge in [0.25, 0.3) is 0 Å². The highest BCUT2D eigenvalue weighted by Crippen LogP contribution is 2.23. The lowest BCUT2D eigenvalue weighted by molar-refractivity contribution is 0.342. The Morgan fingerprint density at radius 3 is 2.79 bits per heavy atom. The lowest BCUT2D eigenvalue weighted by Gasteiger charge is -2.21. The third kappa shape index (κ3) is 3.97. The van der Waals surface area contributed by atoms with E-state index in [2.05, 4.69) is 11.4 Å². The number of nitrogens with one attached hydrogen (secondary N) is 1. The van der Waals surface area contributed by atoms with E-state index in [9.17, 15) is 0 Å². The molecule has 1 saturated carbocycles. The molecule has 0 atom stereocenters. The van der Waals surface area contributed by atoms with Crippen molar-refractivity contribution < 1.29 is 4.74 Å². The van der Waals surface area contributed by atoms with E-state index in [0.29, 0.717) is 11.3 Å². The zero-order chi connectivity index (χ0) is 13.5. The minimum absolute atomic E-state index is 0.611. The van der Waals surface area contributed by atoms with E-state index >= 15 is 0 Å². The van der Waals surface area contributed by atoms with Crippen LogP contribution in [0.2, 0.25) is 0 Å². The Balaban J connectivity index is 1.84. The van der Waals surface area contributed by atoms with E-state index in [1.165, 1.54) is 32.1 Å². The molecule has 19 heavy (non-hydrogen) atoms. The first kappa shape index (κ1) is 13.9. The SMILES string of the molecule is COc1ccc(CNCC2CCCCC2)cc1C#N. The highest BCUT2D eigenvalue weighted by molar-refractivity contribution is 5.45. The molecule has 1 aliphatic carbocycles. The molecule has 0 aliphatic heterocycles. The summed E-state index contributed by atoms with van der Waals surface area (Å²) >= 11 is 0. The first-order valence-corrected chi connectivity index (χ1v) is 7.11. The Hall–Kier alpha value is -1.53. The van der Waals surface area contributed by atoms with E-state index < -0.39 is 0 Å². The van der Waals surface area contributed by atoms with Gasteiger partial charge in [-0.15, -0.1) is 0 Å². The minimum atomic E-state index is 0.611. The second-order valence-electron chi connectivity index (χ2n) is 5.28. The van der Waals surface area contributed by atoms with Crippen LogP contribution in [0.15, 0.2) is 18.2 Å². The number of benzene rings is 1. The fraction of sp³-hybridized carbons (Fsp3) is 0.562. The molecule has 1 aromatic rings. The van der Waals surface area contributed by atoms with Gasteiger partial charge < -0.3 is 10.1 Å². The molecule has 0 amide bonds. The summed E-state index contributed by atoms with van der Waals surface area (Å²) in [6.45, 7) is 1.92. The third-order valence-corrected chi connectivity index (χ3v) is 3.87. The number of hydrogen-bond acceptors (Lipinski definition) is 3. The number of nitriles is 1. The molecule has 1 N–H and O–H groups in total. The van der Waals surface area contributed by atoms with Crippen LogP contribution in [0.5, 0.6) is 5.75 Å². The summed E-state index contributed by atoms with van der Waals surface area (Å²) < 4.78 is 5.15. The molecule has 0 bridgehead atoms. The van der Waals surface area contributed by atoms with Gasteiger partial charge in [-0.1, -0.05) is 25.3 Å². The average molecular weight is 258 g/mol. The molecule has 0 heterocycles. The predicted molar refractivity (Wildman–Crippen MR) is 76.0 cm³/mol. The van der Waals surface area contributed by atoms with E-state index in [-0.39, 0.29) is 0 Å². The molecule has 0 unspecified atom stereocenters. The molecular weight excluding hydrogens is 236 g/mol. The van der Waals surface area contributed by atoms with Gasteiger partial charge in [0.1, 0.15) is 11.8 Å². The monoisotopic (exact) mass is 258 g/mol. The molecular formula is C16H22N2O. The molecule has 0 radical (unpaired) electrons. The van der Waals surface area contributed by atoms with Crippen molar-refractivity contribution in [2.45, 2.75) is 38.6 Å². The van der Waals surface area contributed by atoms with Gasteiger partial charge in [0.2, 0.25) is 0 Å². The van der Waals surface area contributed by atoms with E-state index in [1.54, 1.807) is 7.11 Å². The van der Waals surface area contributed by atoms with Crippen LogP contribution in [-0.4, -0.2) is 13.7 Å². The number of rotatable bonds is 5. The molecule has 0 spiro atoms. The van der Waals surface area contributed by atoms with Crippen LogP contribution < -0.4 is 10.1 Å². The quantitative estimate of drug-likeness (QED) is 0.882. The van der Waals surface area contributed by atoms with E-state index in [0.717, 1.165) is 24.6 Å². The van der Waals surface area contributed by atoms with Crippen molar-refractivity contribution in [2.24, 2.45) is 5.92 Å². The van der Waals surface area contributed by atoms with E-state index in [1.807, 2.05) is 18.2 Å². The maximum Gasteiger partial charge on any atom is 0.136 e. The number of nitrogens with zero attached hydrogens (tertiary/aromatic N) is 1. The first-order chi connectivity index (χ1) is 9.33. The molecule has 1 aromatic carbocycles. The molecule has 0 aromatic heterocycles. The fourth-order valence-electron chi connectivity index (χ4n) is 2.76. The molecule has 1 aliphatic rings. The van der Waals surface area contributed by atoms with Crippen molar-refractivity contribution in [1.29, 1.82) is 5.26 Å². The largest absolute Gasteiger partial charge is 0.495 e. The molecule has 2 rings (SSSR count). The summed E-state index contributed by atoms with van der Waals surface area (Å²) in [6.07, 6.45) is 6.89. The second kappa shape index (κ2) is 7.16. The standard InChI is InChI=1S/C16H22N2O/c1-19-16-8-7-14(9-15(16)10-17)12-18-11-13-5-3-2-4-6-13/h7-9,13,18H,2-6,11-12H2,1H3. The van der Waals surface area contributed by atoms with Crippen LogP contribution in [0.1, 0.15) is 43.2 Å². The number of methoxy groups -OCH3 is 1. The number of ether oxygens (including phenoxy) is 1. The van der Waals surface area contributed by atoms with Gasteiger partial charge in [-0.3, -0.25) is 0 Å². The summed E-state index contributed by atoms with van der Waals surface area (Å²) in [5.74, 6) is 1.49. The summed E-state index contributed by atoms with van der Waals surface area (Å²) in [7, 11) is 1.59. The summed E-state index contributed by atoms with van der Waals surface area (Å²) in [6, 6.07) is 7.98. The number of hydrogen-bond donors (Lipinski definition) is 1. The first-order valence-electron chi connectivity index (χ1n) is 7.11. The Kier molecular flexibility index (Phi) is 5.23. The molecule has 102 valence electrons. The van der Waals surface area contributed by atoms with Gasteiger partial charge in [-0.2, -0.15) is 5.26 Å². The van der Waals surface area contributed by atoms with Crippen molar-refractivity contribution in [2.75, 3.05) is 13.7 Å². The minimum Gasteiger partial charge on any atom is -0.495 e. The lowest BCUT2D eigenvalue weighted by Crippen LogP contribution is -2.24. The van der Waals surface area contributed by atoms with Crippen LogP contribution >= 0.6 is 0 Å². The highest BCUT2D eigenvalue weighted by Gasteiger charge is 2.12. The maximum absolute atomic E-state index is 9.05. The summed E-state index contributed by atoms with van der Waals surface area (Å²) in [5, 5.41) is 12.6. The van der Waals surface area contributed by atoms with Gasteiger partial charge in [0.05, 0.1) is 12.7 Å². The summed E-state index contributed by atoms with van der Waals surface area (Å²) in [5.41, 5.74) is 1.76. The van der Waals surface area contributed by atoms with Crippen LogP contribution in [0.4, 0.5) is 0 Å². The zero-order valence-corrected chi connectivity index (χ0v) is 11.6. The fourth-order valence-corrected chi connectivity index (χ4v) is 2.76. The predicted octanol–water partition coefficient (Wildman–Crippen LogP) is 3.24. The molecule has 3 heteroatoms. The van der Waals surface area contributed by atoms with Crippen LogP contribution in [-0.2, 0) is 6.54 Å². The molecule has 0 saturated heterocycles. The van der Waals surface area contributed by atoms with Crippen molar-refractivity contribution in [3.63, 3.8) is 0 Å². The van der Waals surface area contributed by atoms with Crippen molar-refractivity contribution in [1.82, 2.24) is 5.32 Å². The average Bonchev–Trinajstić information content (AvgIpc) is 2.48. The van der Waals surface area contributed by atoms with Gasteiger partial charge >= 0.3 is 0 Å². The van der Waals surface area contributed by atoms with E-state index in [4.69, 9.17) is 10.00 Å². The normalized spacial score (nSPS) is 16.0. The van der Waals surface area contributed by atoms with Crippen LogP contribution in [0.3, 0.4) is 0 Å². The van der Waals surface area contributed by atoms with Crippen molar-refractivity contribution >= 4 is 0 Å². The summed E-state index contributed by atoms with van der Waals surface area (Å²) in [4.78, 5) is 0. The zero-order valence-electron chi connectivity index (χ0n) is 11.6. The molecule has 1 fully saturated rings. The molecule has 3 nitrogen and oxygen atoms in total. The Bertz CT molecular complexity index is 445. The lowest BCUT2D eigenvalue weighted by atomic mass is 9.89. The smallest absolute Gasteiger partial charge is 0.136 e. The Labute approximate surface area is 115 Å². The van der Waals surface area contributed by atoms with Gasteiger partial charge in [0.15, 0.2) is 0 Å².